The van der Waals surface area contributed by atoms with Crippen LogP contribution in [-0.4, -0.2) is 10.6 Å². The normalized spacial score (nSPS) is 12.0. The molecular weight excluding hydrogens is 306 g/mol. The van der Waals surface area contributed by atoms with Crippen LogP contribution >= 0.6 is 0 Å². The summed E-state index contributed by atoms with van der Waals surface area (Å²) in [5, 5.41) is 0. The molecule has 0 saturated heterocycles. The van der Waals surface area contributed by atoms with Crippen molar-refractivity contribution in [1.29, 1.82) is 0 Å². The Morgan fingerprint density at radius 3 is 2.64 bits per heavy atom. The maximum atomic E-state index is 3.90. The van der Waals surface area contributed by atoms with Gasteiger partial charge in [0.15, 0.2) is 0 Å². The molecule has 0 aromatic heterocycles. The minimum absolute atomic E-state index is 1.00. The Morgan fingerprint density at radius 2 is 2.27 bits per heavy atom. The topological polar surface area (TPSA) is 12.4 Å². The van der Waals surface area contributed by atoms with Crippen LogP contribution in [0.1, 0.15) is 20.3 Å². The first-order valence-corrected chi connectivity index (χ1v) is 5.03. The quantitative estimate of drug-likeness (QED) is 0.557. The van der Waals surface area contributed by atoms with Gasteiger partial charge in [-0.25, -0.2) is 0 Å². The predicted molar refractivity (Wildman–Crippen MR) is 47.7 cm³/mol. The zero-order valence-electron chi connectivity index (χ0n) is 7.00. The first-order valence-electron chi connectivity index (χ1n) is 3.56. The summed E-state index contributed by atoms with van der Waals surface area (Å²) in [6.45, 7) is 7.68. The van der Waals surface area contributed by atoms with Gasteiger partial charge < -0.3 is 0 Å². The van der Waals surface area contributed by atoms with Gasteiger partial charge in [0.05, 0.1) is 0 Å². The van der Waals surface area contributed by atoms with E-state index >= 15 is 0 Å². The summed E-state index contributed by atoms with van der Waals surface area (Å²) in [4.78, 5) is 3.90. The number of allylic oxidation sites excluding steroid dienone is 4. The molecule has 0 bridgehead atoms. The Bertz CT molecular complexity index is 202. The van der Waals surface area contributed by atoms with Gasteiger partial charge in [-0.2, -0.15) is 0 Å². The predicted octanol–water partition coefficient (Wildman–Crippen LogP) is 2.28. The summed E-state index contributed by atoms with van der Waals surface area (Å²) in [6.07, 6.45) is 7.19. The molecule has 0 aliphatic heterocycles. The molecule has 0 unspecified atom stereocenters. The second-order valence-electron chi connectivity index (χ2n) is 2.10. The van der Waals surface area contributed by atoms with Gasteiger partial charge in [0.1, 0.15) is 0 Å². The van der Waals surface area contributed by atoms with Crippen LogP contribution in [0.2, 0.25) is 0 Å². The Balaban J connectivity index is 4.24. The monoisotopic (exact) mass is 319 g/mol. The van der Waals surface area contributed by atoms with E-state index in [9.17, 15) is 0 Å². The zero-order valence-corrected chi connectivity index (χ0v) is 9.94. The van der Waals surface area contributed by atoms with Crippen molar-refractivity contribution < 1.29 is 19.4 Å². The van der Waals surface area contributed by atoms with Crippen LogP contribution in [0.3, 0.4) is 0 Å². The first-order chi connectivity index (χ1) is 5.22. The molecule has 0 aliphatic carbocycles. The van der Waals surface area contributed by atoms with Gasteiger partial charge in [-0.1, -0.05) is 0 Å². The summed E-state index contributed by atoms with van der Waals surface area (Å²) in [6, 6.07) is 0. The van der Waals surface area contributed by atoms with Gasteiger partial charge in [0, 0.05) is 0 Å². The van der Waals surface area contributed by atoms with E-state index in [2.05, 4.69) is 31.6 Å². The van der Waals surface area contributed by atoms with Crippen molar-refractivity contribution in [2.24, 2.45) is 4.99 Å². The molecule has 0 aliphatic rings. The molecule has 0 atom stereocenters. The van der Waals surface area contributed by atoms with Crippen LogP contribution in [0.4, 0.5) is 0 Å². The van der Waals surface area contributed by atoms with E-state index in [0.29, 0.717) is 0 Å². The Morgan fingerprint density at radius 1 is 1.64 bits per heavy atom. The van der Waals surface area contributed by atoms with Crippen molar-refractivity contribution >= 4 is 10.6 Å². The molecule has 60 valence electrons. The van der Waals surface area contributed by atoms with E-state index in [-0.39, 0.29) is 0 Å². The van der Waals surface area contributed by atoms with Crippen molar-refractivity contribution in [3.8, 4) is 0 Å². The fourth-order valence-corrected chi connectivity index (χ4v) is 1.05. The SMILES string of the molecule is C=NC(=CC=CCC)[C](C)=[W]. The van der Waals surface area contributed by atoms with E-state index in [1.54, 1.807) is 0 Å². The van der Waals surface area contributed by atoms with Crippen LogP contribution in [0.5, 0.6) is 0 Å². The third-order valence-corrected chi connectivity index (χ3v) is 1.91. The van der Waals surface area contributed by atoms with Gasteiger partial charge in [-0.3, -0.25) is 0 Å². The van der Waals surface area contributed by atoms with Crippen LogP contribution in [-0.2, 0) is 19.4 Å². The molecule has 11 heavy (non-hydrogen) atoms. The van der Waals surface area contributed by atoms with E-state index in [4.69, 9.17) is 0 Å². The molecule has 0 aromatic carbocycles. The Kier molecular flexibility index (Phi) is 6.25. The number of hydrogen-bond acceptors (Lipinski definition) is 1. The molecule has 0 aromatic rings. The molecule has 0 amide bonds. The average Bonchev–Trinajstić information content (AvgIpc) is 1.97. The maximum absolute atomic E-state index is 3.90. The average molecular weight is 319 g/mol. The molecule has 0 fully saturated rings. The number of hydrogen-bond donors (Lipinski definition) is 0. The number of nitrogens with zero attached hydrogens (tertiary/aromatic N) is 1. The van der Waals surface area contributed by atoms with E-state index < -0.39 is 0 Å². The van der Waals surface area contributed by atoms with Crippen molar-refractivity contribution in [3.63, 3.8) is 0 Å². The second kappa shape index (κ2) is 6.42. The van der Waals surface area contributed by atoms with Crippen molar-refractivity contribution in [2.75, 3.05) is 0 Å². The summed E-state index contributed by atoms with van der Waals surface area (Å²) < 4.78 is 1.28. The first kappa shape index (κ1) is 10.7. The molecule has 0 N–H and O–H groups in total. The van der Waals surface area contributed by atoms with Crippen molar-refractivity contribution in [3.05, 3.63) is 23.9 Å². The molecule has 0 heterocycles. The standard InChI is InChI=1S/C9H13N.W/c1-4-6-7-8-9(5-2)10-3;/h6-8H,3-4H2,1-2H3;. The molecule has 0 spiro atoms. The molecule has 1 nitrogen and oxygen atoms in total. The fraction of sp³-hybridized carbons (Fsp3) is 0.333. The van der Waals surface area contributed by atoms with Gasteiger partial charge in [-0.05, 0) is 0 Å². The summed E-state index contributed by atoms with van der Waals surface area (Å²) >= 11 is 1.45. The minimum atomic E-state index is 1.00. The Labute approximate surface area is 79.3 Å². The van der Waals surface area contributed by atoms with E-state index in [1.807, 2.05) is 12.2 Å². The molecule has 2 heteroatoms. The van der Waals surface area contributed by atoms with Gasteiger partial charge >= 0.3 is 79.2 Å². The third-order valence-electron chi connectivity index (χ3n) is 1.16. The molecule has 0 rings (SSSR count). The van der Waals surface area contributed by atoms with Crippen LogP contribution in [0.25, 0.3) is 0 Å². The summed E-state index contributed by atoms with van der Waals surface area (Å²) in [7, 11) is 0. The molecule has 0 radical (unpaired) electrons. The number of aliphatic imine (C=N–C) groups is 1. The van der Waals surface area contributed by atoms with Crippen molar-refractivity contribution in [1.82, 2.24) is 0 Å². The second-order valence-corrected chi connectivity index (χ2v) is 4.30. The van der Waals surface area contributed by atoms with Gasteiger partial charge in [-0.15, -0.1) is 0 Å². The zero-order chi connectivity index (χ0) is 8.69. The van der Waals surface area contributed by atoms with E-state index in [0.717, 1.165) is 12.1 Å². The molecule has 0 saturated carbocycles. The van der Waals surface area contributed by atoms with Crippen molar-refractivity contribution in [2.45, 2.75) is 20.3 Å². The number of rotatable bonds is 4. The summed E-state index contributed by atoms with van der Waals surface area (Å²) in [5.41, 5.74) is 1.00. The molecular formula is C9H13NW. The van der Waals surface area contributed by atoms with Crippen LogP contribution < -0.4 is 0 Å². The third kappa shape index (κ3) is 5.03. The van der Waals surface area contributed by atoms with E-state index in [1.165, 1.54) is 23.3 Å². The van der Waals surface area contributed by atoms with Crippen LogP contribution in [0, 0.1) is 0 Å². The Hall–Kier alpha value is -0.292. The summed E-state index contributed by atoms with van der Waals surface area (Å²) in [5.74, 6) is 0. The fourth-order valence-electron chi connectivity index (χ4n) is 0.577. The van der Waals surface area contributed by atoms with Gasteiger partial charge in [0.25, 0.3) is 0 Å². The van der Waals surface area contributed by atoms with Crippen LogP contribution in [0.15, 0.2) is 28.9 Å². The van der Waals surface area contributed by atoms with Gasteiger partial charge in [0.2, 0.25) is 0 Å².